The number of carbonyl (C=O) groups excluding carboxylic acids is 1. The number of sulfonamides is 1. The maximum atomic E-state index is 14.5. The van der Waals surface area contributed by atoms with Crippen molar-refractivity contribution in [3.05, 3.63) is 65.5 Å². The number of anilines is 1. The Morgan fingerprint density at radius 2 is 1.84 bits per heavy atom. The zero-order chi connectivity index (χ0) is 34.6. The third kappa shape index (κ3) is 7.36. The van der Waals surface area contributed by atoms with Crippen LogP contribution in [0.5, 0.6) is 5.88 Å². The van der Waals surface area contributed by atoms with E-state index in [-0.39, 0.29) is 29.2 Å². The van der Waals surface area contributed by atoms with Crippen LogP contribution in [-0.4, -0.2) is 68.1 Å². The van der Waals surface area contributed by atoms with Crippen LogP contribution in [0, 0.1) is 12.8 Å². The predicted molar refractivity (Wildman–Crippen MR) is 188 cm³/mol. The van der Waals surface area contributed by atoms with E-state index in [1.807, 2.05) is 23.1 Å². The first kappa shape index (κ1) is 35.0. The van der Waals surface area contributed by atoms with Gasteiger partial charge in [0.05, 0.1) is 37.0 Å². The largest absolute Gasteiger partial charge is 0.478 e. The number of ether oxygens (including phenoxy) is 3. The highest BCUT2D eigenvalue weighted by Gasteiger charge is 2.49. The summed E-state index contributed by atoms with van der Waals surface area (Å²) in [5.41, 5.74) is 3.03. The van der Waals surface area contributed by atoms with Gasteiger partial charge in [0.2, 0.25) is 5.82 Å². The molecule has 11 nitrogen and oxygen atoms in total. The highest BCUT2D eigenvalue weighted by molar-refractivity contribution is 7.93. The molecule has 0 unspecified atom stereocenters. The number of amides is 1. The minimum Gasteiger partial charge on any atom is -0.478 e. The number of carbonyl (C=O) groups is 1. The van der Waals surface area contributed by atoms with E-state index in [2.05, 4.69) is 23.0 Å². The van der Waals surface area contributed by atoms with Crippen LogP contribution < -0.4 is 9.04 Å². The van der Waals surface area contributed by atoms with Gasteiger partial charge in [-0.3, -0.25) is 14.7 Å². The van der Waals surface area contributed by atoms with E-state index in [9.17, 15) is 13.2 Å². The fourth-order valence-corrected chi connectivity index (χ4v) is 8.32. The van der Waals surface area contributed by atoms with Gasteiger partial charge in [0.1, 0.15) is 18.1 Å². The predicted octanol–water partition coefficient (Wildman–Crippen LogP) is 6.43. The van der Waals surface area contributed by atoms with E-state index in [0.717, 1.165) is 84.6 Å². The molecule has 262 valence electrons. The molecule has 0 bridgehead atoms. The minimum absolute atomic E-state index is 0.0314. The van der Waals surface area contributed by atoms with Crippen molar-refractivity contribution in [3.8, 4) is 17.0 Å². The lowest BCUT2D eigenvalue weighted by molar-refractivity contribution is -0.131. The molecule has 2 aliphatic carbocycles. The van der Waals surface area contributed by atoms with Gasteiger partial charge >= 0.3 is 0 Å². The van der Waals surface area contributed by atoms with E-state index in [1.54, 1.807) is 25.1 Å². The van der Waals surface area contributed by atoms with Crippen molar-refractivity contribution in [1.29, 1.82) is 0 Å². The lowest BCUT2D eigenvalue weighted by atomic mass is 9.96. The van der Waals surface area contributed by atoms with E-state index in [4.69, 9.17) is 19.2 Å². The molecule has 1 spiro atoms. The highest BCUT2D eigenvalue weighted by Crippen LogP contribution is 2.41. The van der Waals surface area contributed by atoms with Crippen LogP contribution >= 0.6 is 0 Å². The second kappa shape index (κ2) is 14.9. The topological polar surface area (TPSA) is 124 Å². The summed E-state index contributed by atoms with van der Waals surface area (Å²) < 4.78 is 47.1. The maximum absolute atomic E-state index is 14.5. The summed E-state index contributed by atoms with van der Waals surface area (Å²) in [5.74, 6) is 1.66. The fourth-order valence-electron chi connectivity index (χ4n) is 6.78. The maximum Gasteiger partial charge on any atom is 0.268 e. The molecule has 0 atom stereocenters. The first-order chi connectivity index (χ1) is 23.7. The van der Waals surface area contributed by atoms with Crippen LogP contribution in [0.2, 0.25) is 0 Å². The molecular weight excluding hydrogens is 643 g/mol. The molecule has 3 aromatic rings. The van der Waals surface area contributed by atoms with Crippen LogP contribution in [0.15, 0.2) is 58.5 Å². The van der Waals surface area contributed by atoms with Crippen molar-refractivity contribution in [2.24, 2.45) is 10.9 Å². The fraction of sp³-hybridized carbons (Fsp3) is 0.514. The van der Waals surface area contributed by atoms with Crippen molar-refractivity contribution in [2.75, 3.05) is 31.9 Å². The van der Waals surface area contributed by atoms with Crippen molar-refractivity contribution in [3.63, 3.8) is 0 Å². The Labute approximate surface area is 289 Å². The molecule has 6 rings (SSSR count). The summed E-state index contributed by atoms with van der Waals surface area (Å²) in [7, 11) is -1.38. The Morgan fingerprint density at radius 1 is 1.06 bits per heavy atom. The summed E-state index contributed by atoms with van der Waals surface area (Å²) >= 11 is 0. The second-order valence-electron chi connectivity index (χ2n) is 13.3. The van der Waals surface area contributed by atoms with E-state index >= 15 is 0 Å². The second-order valence-corrected chi connectivity index (χ2v) is 15.2. The van der Waals surface area contributed by atoms with Gasteiger partial charge in [0, 0.05) is 25.7 Å². The quantitative estimate of drug-likeness (QED) is 0.158. The van der Waals surface area contributed by atoms with Crippen molar-refractivity contribution in [1.82, 2.24) is 14.9 Å². The van der Waals surface area contributed by atoms with Crippen LogP contribution in [0.3, 0.4) is 0 Å². The molecule has 0 radical (unpaired) electrons. The lowest BCUT2D eigenvalue weighted by Crippen LogP contribution is -2.40. The zero-order valence-corrected chi connectivity index (χ0v) is 29.8. The minimum atomic E-state index is -4.23. The Kier molecular flexibility index (Phi) is 10.7. The number of aliphatic imine (C=N–C) groups is 1. The molecule has 1 aliphatic heterocycles. The molecule has 0 N–H and O–H groups in total. The molecule has 0 saturated heterocycles. The summed E-state index contributed by atoms with van der Waals surface area (Å²) in [5, 5.41) is 0. The third-order valence-corrected chi connectivity index (χ3v) is 11.3. The number of methoxy groups -OCH3 is 2. The number of rotatable bonds is 16. The van der Waals surface area contributed by atoms with Crippen molar-refractivity contribution >= 4 is 27.6 Å². The van der Waals surface area contributed by atoms with Gasteiger partial charge in [-0.25, -0.2) is 22.7 Å². The molecule has 3 aliphatic rings. The standard InChI is InChI=1S/C37H47N5O6S/c1-5-6-13-33-40-37(18-9-10-19-37)36(43)41(33)22-28-16-17-30(29(20-28)24-48-23-27-14-15-27)31-11-7-8-12-32(31)49(44,45)42(25-46-3)34-35(47-4)39-26(2)21-38-34/h7-8,11-12,16-17,20-21,27H,5-6,9-10,13-15,18-19,22-25H2,1-4H3. The van der Waals surface area contributed by atoms with E-state index in [0.29, 0.717) is 36.9 Å². The molecular formula is C37H47N5O6S. The number of aromatic nitrogens is 2. The van der Waals surface area contributed by atoms with Gasteiger partial charge in [-0.2, -0.15) is 0 Å². The molecule has 49 heavy (non-hydrogen) atoms. The van der Waals surface area contributed by atoms with Crippen LogP contribution in [0.1, 0.15) is 81.5 Å². The van der Waals surface area contributed by atoms with Crippen LogP contribution in [0.4, 0.5) is 5.82 Å². The lowest BCUT2D eigenvalue weighted by Gasteiger charge is -2.25. The molecule has 2 heterocycles. The molecule has 12 heteroatoms. The molecule has 1 amide bonds. The molecule has 2 fully saturated rings. The highest BCUT2D eigenvalue weighted by atomic mass is 32.2. The van der Waals surface area contributed by atoms with Crippen LogP contribution in [0.25, 0.3) is 11.1 Å². The molecule has 2 aromatic carbocycles. The number of hydrogen-bond acceptors (Lipinski definition) is 9. The number of hydrogen-bond donors (Lipinski definition) is 0. The summed E-state index contributed by atoms with van der Waals surface area (Å²) in [4.78, 5) is 29.6. The summed E-state index contributed by atoms with van der Waals surface area (Å²) in [6, 6.07) is 12.9. The number of aryl methyl sites for hydroxylation is 1. The van der Waals surface area contributed by atoms with Gasteiger partial charge in [0.25, 0.3) is 21.8 Å². The first-order valence-corrected chi connectivity index (χ1v) is 18.7. The van der Waals surface area contributed by atoms with Crippen molar-refractivity contribution in [2.45, 2.75) is 95.2 Å². The monoisotopic (exact) mass is 689 g/mol. The Hall–Kier alpha value is -3.87. The number of unbranched alkanes of at least 4 members (excludes halogenated alkanes) is 1. The average molecular weight is 690 g/mol. The van der Waals surface area contributed by atoms with Gasteiger partial charge < -0.3 is 14.2 Å². The average Bonchev–Trinajstić information content (AvgIpc) is 3.75. The van der Waals surface area contributed by atoms with Gasteiger partial charge in [-0.05, 0) is 67.7 Å². The number of amidine groups is 1. The number of nitrogens with zero attached hydrogens (tertiary/aromatic N) is 5. The van der Waals surface area contributed by atoms with Gasteiger partial charge in [-0.15, -0.1) is 0 Å². The number of benzene rings is 2. The Bertz CT molecular complexity index is 1800. The first-order valence-electron chi connectivity index (χ1n) is 17.3. The van der Waals surface area contributed by atoms with Crippen LogP contribution in [-0.2, 0) is 37.4 Å². The normalized spacial score (nSPS) is 17.2. The summed E-state index contributed by atoms with van der Waals surface area (Å²) in [6.07, 6.45) is 10.3. The smallest absolute Gasteiger partial charge is 0.268 e. The summed E-state index contributed by atoms with van der Waals surface area (Å²) in [6.45, 7) is 4.98. The SMILES string of the molecule is CCCCC1=NC2(CCCC2)C(=O)N1Cc1ccc(-c2ccccc2S(=O)(=O)N(COC)c2ncc(C)nc2OC)c(COCC2CC2)c1. The van der Waals surface area contributed by atoms with Gasteiger partial charge in [-0.1, -0.05) is 62.6 Å². The Balaban J connectivity index is 1.37. The zero-order valence-electron chi connectivity index (χ0n) is 29.0. The van der Waals surface area contributed by atoms with Crippen molar-refractivity contribution < 1.29 is 27.4 Å². The molecule has 2 saturated carbocycles. The van der Waals surface area contributed by atoms with E-state index in [1.165, 1.54) is 20.4 Å². The molecule has 1 aromatic heterocycles. The third-order valence-electron chi connectivity index (χ3n) is 9.56. The Morgan fingerprint density at radius 3 is 2.55 bits per heavy atom. The van der Waals surface area contributed by atoms with Gasteiger partial charge in [0.15, 0.2) is 0 Å². The van der Waals surface area contributed by atoms with E-state index < -0.39 is 15.6 Å².